The molecule has 0 aliphatic rings. The van der Waals surface area contributed by atoms with Gasteiger partial charge in [-0.15, -0.1) is 0 Å². The molecular formula is C19H14N2OS. The van der Waals surface area contributed by atoms with Gasteiger partial charge in [0.2, 0.25) is 0 Å². The molecular weight excluding hydrogens is 304 g/mol. The molecule has 3 aromatic carbocycles. The van der Waals surface area contributed by atoms with E-state index < -0.39 is 0 Å². The number of carbonyl (C=O) groups excluding carboxylic acids is 1. The van der Waals surface area contributed by atoms with Crippen LogP contribution in [0.2, 0.25) is 0 Å². The minimum Gasteiger partial charge on any atom is -0.298 e. The summed E-state index contributed by atoms with van der Waals surface area (Å²) in [7, 11) is 0. The summed E-state index contributed by atoms with van der Waals surface area (Å²) in [6, 6.07) is 19.8. The van der Waals surface area contributed by atoms with Crippen LogP contribution in [0.3, 0.4) is 0 Å². The fraction of sp³-hybridized carbons (Fsp3) is 0.0526. The van der Waals surface area contributed by atoms with E-state index in [2.05, 4.69) is 10.3 Å². The van der Waals surface area contributed by atoms with Gasteiger partial charge < -0.3 is 0 Å². The van der Waals surface area contributed by atoms with Crippen molar-refractivity contribution in [2.45, 2.75) is 6.92 Å². The van der Waals surface area contributed by atoms with E-state index in [1.807, 2.05) is 67.6 Å². The second kappa shape index (κ2) is 5.48. The summed E-state index contributed by atoms with van der Waals surface area (Å²) in [5, 5.41) is 5.72. The first-order chi connectivity index (χ1) is 11.2. The molecule has 0 unspecified atom stereocenters. The number of anilines is 1. The molecule has 3 nitrogen and oxygen atoms in total. The Hall–Kier alpha value is -2.72. The van der Waals surface area contributed by atoms with Crippen molar-refractivity contribution in [2.75, 3.05) is 5.32 Å². The maximum absolute atomic E-state index is 12.5. The van der Waals surface area contributed by atoms with Crippen molar-refractivity contribution in [1.29, 1.82) is 0 Å². The third kappa shape index (κ3) is 2.58. The Kier molecular flexibility index (Phi) is 3.32. The number of fused-ring (bicyclic) bond motifs is 2. The van der Waals surface area contributed by atoms with Crippen LogP contribution in [0.15, 0.2) is 60.7 Å². The quantitative estimate of drug-likeness (QED) is 0.564. The number of carbonyl (C=O) groups is 1. The Morgan fingerprint density at radius 2 is 1.83 bits per heavy atom. The van der Waals surface area contributed by atoms with Crippen LogP contribution in [0.5, 0.6) is 0 Å². The van der Waals surface area contributed by atoms with Gasteiger partial charge in [-0.3, -0.25) is 10.1 Å². The van der Waals surface area contributed by atoms with Gasteiger partial charge in [0.1, 0.15) is 0 Å². The van der Waals surface area contributed by atoms with Crippen molar-refractivity contribution < 1.29 is 4.79 Å². The lowest BCUT2D eigenvalue weighted by atomic mass is 10.1. The van der Waals surface area contributed by atoms with Crippen molar-refractivity contribution in [2.24, 2.45) is 0 Å². The second-order valence-corrected chi connectivity index (χ2v) is 6.49. The van der Waals surface area contributed by atoms with Gasteiger partial charge in [0.15, 0.2) is 5.13 Å². The summed E-state index contributed by atoms with van der Waals surface area (Å²) in [6.07, 6.45) is 0. The van der Waals surface area contributed by atoms with Gasteiger partial charge in [0, 0.05) is 5.56 Å². The Morgan fingerprint density at radius 1 is 1.00 bits per heavy atom. The van der Waals surface area contributed by atoms with Crippen molar-refractivity contribution in [3.63, 3.8) is 0 Å². The molecule has 23 heavy (non-hydrogen) atoms. The summed E-state index contributed by atoms with van der Waals surface area (Å²) < 4.78 is 1.08. The van der Waals surface area contributed by atoms with Crippen molar-refractivity contribution in [3.05, 3.63) is 71.8 Å². The Bertz CT molecular complexity index is 1040. The normalized spacial score (nSPS) is 11.0. The van der Waals surface area contributed by atoms with Gasteiger partial charge in [-0.1, -0.05) is 53.8 Å². The average Bonchev–Trinajstić information content (AvgIpc) is 2.98. The number of amides is 1. The second-order valence-electron chi connectivity index (χ2n) is 5.46. The third-order valence-electron chi connectivity index (χ3n) is 3.85. The van der Waals surface area contributed by atoms with Crippen LogP contribution in [0.1, 0.15) is 15.9 Å². The molecule has 1 amide bonds. The zero-order valence-corrected chi connectivity index (χ0v) is 13.4. The monoisotopic (exact) mass is 318 g/mol. The molecule has 1 heterocycles. The topological polar surface area (TPSA) is 42.0 Å². The predicted octanol–water partition coefficient (Wildman–Crippen LogP) is 5.01. The first kappa shape index (κ1) is 13.9. The summed E-state index contributed by atoms with van der Waals surface area (Å²) >= 11 is 1.50. The van der Waals surface area contributed by atoms with Crippen LogP contribution in [0.4, 0.5) is 5.13 Å². The molecule has 0 radical (unpaired) electrons. The first-order valence-corrected chi connectivity index (χ1v) is 8.19. The zero-order valence-electron chi connectivity index (χ0n) is 12.5. The smallest absolute Gasteiger partial charge is 0.257 e. The van der Waals surface area contributed by atoms with E-state index in [0.717, 1.165) is 26.6 Å². The fourth-order valence-corrected chi connectivity index (χ4v) is 3.58. The van der Waals surface area contributed by atoms with E-state index >= 15 is 0 Å². The molecule has 0 bridgehead atoms. The molecule has 0 aliphatic heterocycles. The Labute approximate surface area is 137 Å². The summed E-state index contributed by atoms with van der Waals surface area (Å²) in [5.41, 5.74) is 2.70. The van der Waals surface area contributed by atoms with E-state index in [1.54, 1.807) is 0 Å². The van der Waals surface area contributed by atoms with Crippen LogP contribution in [-0.4, -0.2) is 10.9 Å². The standard InChI is InChI=1S/C19H14N2OS/c1-12-5-4-8-16-17(12)20-19(23-16)21-18(22)15-10-9-13-6-2-3-7-14(13)11-15/h2-11H,1H3,(H,20,21,22). The number of nitrogens with zero attached hydrogens (tertiary/aromatic N) is 1. The number of hydrogen-bond acceptors (Lipinski definition) is 3. The van der Waals surface area contributed by atoms with E-state index in [0.29, 0.717) is 10.7 Å². The molecule has 4 heteroatoms. The highest BCUT2D eigenvalue weighted by atomic mass is 32.1. The molecule has 0 saturated carbocycles. The van der Waals surface area contributed by atoms with Crippen LogP contribution >= 0.6 is 11.3 Å². The molecule has 0 fully saturated rings. The highest BCUT2D eigenvalue weighted by Gasteiger charge is 2.11. The Morgan fingerprint density at radius 3 is 2.65 bits per heavy atom. The van der Waals surface area contributed by atoms with E-state index in [9.17, 15) is 4.79 Å². The molecule has 4 rings (SSSR count). The van der Waals surface area contributed by atoms with Crippen molar-refractivity contribution in [3.8, 4) is 0 Å². The number of thiazole rings is 1. The minimum absolute atomic E-state index is 0.132. The number of hydrogen-bond donors (Lipinski definition) is 1. The molecule has 112 valence electrons. The molecule has 4 aromatic rings. The molecule has 1 N–H and O–H groups in total. The molecule has 0 aliphatic carbocycles. The predicted molar refractivity (Wildman–Crippen MR) is 96.3 cm³/mol. The van der Waals surface area contributed by atoms with Crippen molar-refractivity contribution in [1.82, 2.24) is 4.98 Å². The lowest BCUT2D eigenvalue weighted by molar-refractivity contribution is 0.102. The van der Waals surface area contributed by atoms with Gasteiger partial charge in [-0.05, 0) is 41.5 Å². The lowest BCUT2D eigenvalue weighted by Gasteiger charge is -2.03. The SMILES string of the molecule is Cc1cccc2sc(NC(=O)c3ccc4ccccc4c3)nc12. The van der Waals surface area contributed by atoms with Gasteiger partial charge in [0.25, 0.3) is 5.91 Å². The fourth-order valence-electron chi connectivity index (χ4n) is 2.64. The lowest BCUT2D eigenvalue weighted by Crippen LogP contribution is -2.11. The number of benzene rings is 3. The molecule has 0 atom stereocenters. The van der Waals surface area contributed by atoms with Crippen LogP contribution in [0, 0.1) is 6.92 Å². The van der Waals surface area contributed by atoms with E-state index in [1.165, 1.54) is 11.3 Å². The Balaban J connectivity index is 1.66. The maximum atomic E-state index is 12.5. The highest BCUT2D eigenvalue weighted by Crippen LogP contribution is 2.28. The number of rotatable bonds is 2. The van der Waals surface area contributed by atoms with E-state index in [-0.39, 0.29) is 5.91 Å². The molecule has 0 spiro atoms. The maximum Gasteiger partial charge on any atom is 0.257 e. The number of nitrogens with one attached hydrogen (secondary N) is 1. The van der Waals surface area contributed by atoms with Gasteiger partial charge in [-0.25, -0.2) is 4.98 Å². The summed E-state index contributed by atoms with van der Waals surface area (Å²) in [5.74, 6) is -0.132. The van der Waals surface area contributed by atoms with Crippen molar-refractivity contribution >= 4 is 43.4 Å². The van der Waals surface area contributed by atoms with Gasteiger partial charge in [-0.2, -0.15) is 0 Å². The largest absolute Gasteiger partial charge is 0.298 e. The zero-order chi connectivity index (χ0) is 15.8. The third-order valence-corrected chi connectivity index (χ3v) is 4.79. The number of para-hydroxylation sites is 1. The van der Waals surface area contributed by atoms with E-state index in [4.69, 9.17) is 0 Å². The minimum atomic E-state index is -0.132. The van der Waals surface area contributed by atoms with Gasteiger partial charge in [0.05, 0.1) is 10.2 Å². The average molecular weight is 318 g/mol. The first-order valence-electron chi connectivity index (χ1n) is 7.37. The van der Waals surface area contributed by atoms with Crippen LogP contribution in [0.25, 0.3) is 21.0 Å². The van der Waals surface area contributed by atoms with Gasteiger partial charge >= 0.3 is 0 Å². The van der Waals surface area contributed by atoms with Crippen LogP contribution in [-0.2, 0) is 0 Å². The highest BCUT2D eigenvalue weighted by molar-refractivity contribution is 7.22. The number of aryl methyl sites for hydroxylation is 1. The van der Waals surface area contributed by atoms with Crippen LogP contribution < -0.4 is 5.32 Å². The summed E-state index contributed by atoms with van der Waals surface area (Å²) in [4.78, 5) is 17.0. The molecule has 1 aromatic heterocycles. The molecule has 0 saturated heterocycles. The number of aromatic nitrogens is 1. The summed E-state index contributed by atoms with van der Waals surface area (Å²) in [6.45, 7) is 2.02.